The van der Waals surface area contributed by atoms with Crippen LogP contribution in [0.3, 0.4) is 0 Å². The Morgan fingerprint density at radius 2 is 1.84 bits per heavy atom. The predicted octanol–water partition coefficient (Wildman–Crippen LogP) is 0.700. The van der Waals surface area contributed by atoms with Crippen LogP contribution < -0.4 is 15.0 Å². The van der Waals surface area contributed by atoms with Gasteiger partial charge in [0.05, 0.1) is 0 Å². The molecule has 7 nitrogen and oxygen atoms in total. The van der Waals surface area contributed by atoms with Gasteiger partial charge >= 0.3 is 6.01 Å². The van der Waals surface area contributed by atoms with Crippen LogP contribution >= 0.6 is 0 Å². The van der Waals surface area contributed by atoms with Crippen molar-refractivity contribution in [2.45, 2.75) is 13.3 Å². The Morgan fingerprint density at radius 3 is 2.42 bits per heavy atom. The molecule has 1 N–H and O–H groups in total. The number of aromatic nitrogens is 3. The summed E-state index contributed by atoms with van der Waals surface area (Å²) in [5.74, 6) is 1.15. The molecule has 0 bridgehead atoms. The highest BCUT2D eigenvalue weighted by Gasteiger charge is 2.08. The average Bonchev–Trinajstić information content (AvgIpc) is 2.35. The third-order valence-corrected chi connectivity index (χ3v) is 2.31. The maximum atomic E-state index is 5.56. The molecule has 0 aliphatic carbocycles. The molecule has 0 aliphatic heterocycles. The third-order valence-electron chi connectivity index (χ3n) is 2.31. The predicted molar refractivity (Wildman–Crippen MR) is 77.0 cm³/mol. The van der Waals surface area contributed by atoms with Crippen LogP contribution in [0.25, 0.3) is 0 Å². The largest absolute Gasteiger partial charge is 0.462 e. The molecule has 0 saturated carbocycles. The molecule has 1 rings (SSSR count). The van der Waals surface area contributed by atoms with Gasteiger partial charge in [0.25, 0.3) is 0 Å². The SMILES string of the molecule is CCCNc1nc(OCCN(C)C)nc(N(C)C)n1. The number of anilines is 2. The molecule has 19 heavy (non-hydrogen) atoms. The van der Waals surface area contributed by atoms with Crippen LogP contribution in [-0.4, -0.2) is 67.7 Å². The summed E-state index contributed by atoms with van der Waals surface area (Å²) >= 11 is 0. The second-order valence-corrected chi connectivity index (χ2v) is 4.71. The second kappa shape index (κ2) is 7.73. The molecule has 1 aromatic rings. The first kappa shape index (κ1) is 15.4. The van der Waals surface area contributed by atoms with Crippen molar-refractivity contribution in [1.29, 1.82) is 0 Å². The van der Waals surface area contributed by atoms with Crippen molar-refractivity contribution in [2.75, 3.05) is 58.1 Å². The lowest BCUT2D eigenvalue weighted by molar-refractivity contribution is 0.245. The fourth-order valence-electron chi connectivity index (χ4n) is 1.25. The van der Waals surface area contributed by atoms with Crippen molar-refractivity contribution >= 4 is 11.9 Å². The summed E-state index contributed by atoms with van der Waals surface area (Å²) in [6.45, 7) is 4.29. The van der Waals surface area contributed by atoms with Gasteiger partial charge in [-0.1, -0.05) is 6.92 Å². The number of rotatable bonds is 8. The standard InChI is InChI=1S/C12H24N6O/c1-6-7-13-10-14-11(18(4)5)16-12(15-10)19-9-8-17(2)3/h6-9H2,1-5H3,(H,13,14,15,16). The molecular weight excluding hydrogens is 244 g/mol. The Balaban J connectivity index is 2.74. The minimum absolute atomic E-state index is 0.360. The fourth-order valence-corrected chi connectivity index (χ4v) is 1.25. The molecule has 1 aromatic heterocycles. The van der Waals surface area contributed by atoms with E-state index in [-0.39, 0.29) is 0 Å². The van der Waals surface area contributed by atoms with Gasteiger partial charge in [0, 0.05) is 27.2 Å². The summed E-state index contributed by atoms with van der Waals surface area (Å²) in [7, 11) is 7.78. The molecule has 108 valence electrons. The molecule has 1 heterocycles. The second-order valence-electron chi connectivity index (χ2n) is 4.71. The van der Waals surface area contributed by atoms with Crippen LogP contribution in [0.15, 0.2) is 0 Å². The maximum absolute atomic E-state index is 5.56. The number of hydrogen-bond acceptors (Lipinski definition) is 7. The van der Waals surface area contributed by atoms with Crippen molar-refractivity contribution in [1.82, 2.24) is 19.9 Å². The van der Waals surface area contributed by atoms with Gasteiger partial charge in [0.15, 0.2) is 0 Å². The van der Waals surface area contributed by atoms with Crippen LogP contribution in [0.5, 0.6) is 6.01 Å². The lowest BCUT2D eigenvalue weighted by Crippen LogP contribution is -2.21. The van der Waals surface area contributed by atoms with Crippen molar-refractivity contribution in [3.8, 4) is 6.01 Å². The first-order valence-electron chi connectivity index (χ1n) is 6.47. The number of nitrogens with zero attached hydrogens (tertiary/aromatic N) is 5. The minimum Gasteiger partial charge on any atom is -0.462 e. The summed E-state index contributed by atoms with van der Waals surface area (Å²) in [5, 5.41) is 3.15. The Hall–Kier alpha value is -1.63. The van der Waals surface area contributed by atoms with Gasteiger partial charge in [-0.15, -0.1) is 0 Å². The fraction of sp³-hybridized carbons (Fsp3) is 0.750. The van der Waals surface area contributed by atoms with Crippen LogP contribution in [0.4, 0.5) is 11.9 Å². The van der Waals surface area contributed by atoms with Gasteiger partial charge in [-0.3, -0.25) is 0 Å². The summed E-state index contributed by atoms with van der Waals surface area (Å²) < 4.78 is 5.56. The average molecular weight is 268 g/mol. The van der Waals surface area contributed by atoms with E-state index in [0.717, 1.165) is 19.5 Å². The topological polar surface area (TPSA) is 66.4 Å². The zero-order valence-corrected chi connectivity index (χ0v) is 12.5. The van der Waals surface area contributed by atoms with Gasteiger partial charge in [0.1, 0.15) is 6.61 Å². The molecule has 0 aromatic carbocycles. The smallest absolute Gasteiger partial charge is 0.323 e. The van der Waals surface area contributed by atoms with Crippen LogP contribution in [-0.2, 0) is 0 Å². The highest BCUT2D eigenvalue weighted by Crippen LogP contribution is 2.13. The molecular formula is C12H24N6O. The zero-order chi connectivity index (χ0) is 14.3. The van der Waals surface area contributed by atoms with E-state index in [1.807, 2.05) is 38.0 Å². The van der Waals surface area contributed by atoms with Gasteiger partial charge in [-0.05, 0) is 20.5 Å². The Bertz CT molecular complexity index is 382. The monoisotopic (exact) mass is 268 g/mol. The van der Waals surface area contributed by atoms with Gasteiger partial charge in [-0.25, -0.2) is 0 Å². The Kier molecular flexibility index (Phi) is 6.27. The van der Waals surface area contributed by atoms with Crippen molar-refractivity contribution in [2.24, 2.45) is 0 Å². The zero-order valence-electron chi connectivity index (χ0n) is 12.5. The lowest BCUT2D eigenvalue weighted by atomic mass is 10.5. The molecule has 0 saturated heterocycles. The molecule has 0 aliphatic rings. The van der Waals surface area contributed by atoms with E-state index < -0.39 is 0 Å². The molecule has 0 radical (unpaired) electrons. The van der Waals surface area contributed by atoms with Crippen LogP contribution in [0, 0.1) is 0 Å². The van der Waals surface area contributed by atoms with Crippen molar-refractivity contribution < 1.29 is 4.74 Å². The first-order valence-corrected chi connectivity index (χ1v) is 6.47. The minimum atomic E-state index is 0.360. The maximum Gasteiger partial charge on any atom is 0.323 e. The number of hydrogen-bond donors (Lipinski definition) is 1. The van der Waals surface area contributed by atoms with E-state index in [4.69, 9.17) is 4.74 Å². The molecule has 0 unspecified atom stereocenters. The number of likely N-dealkylation sites (N-methyl/N-ethyl adjacent to an activating group) is 1. The molecule has 0 spiro atoms. The highest BCUT2D eigenvalue weighted by atomic mass is 16.5. The Labute approximate surface area is 115 Å². The van der Waals surface area contributed by atoms with E-state index in [1.165, 1.54) is 0 Å². The normalized spacial score (nSPS) is 10.6. The van der Waals surface area contributed by atoms with E-state index in [1.54, 1.807) is 0 Å². The highest BCUT2D eigenvalue weighted by molar-refractivity contribution is 5.36. The van der Waals surface area contributed by atoms with E-state index >= 15 is 0 Å². The summed E-state index contributed by atoms with van der Waals surface area (Å²) in [6.07, 6.45) is 1.01. The quantitative estimate of drug-likeness (QED) is 0.744. The first-order chi connectivity index (χ1) is 9.02. The number of ether oxygens (including phenoxy) is 1. The van der Waals surface area contributed by atoms with Crippen molar-refractivity contribution in [3.05, 3.63) is 0 Å². The van der Waals surface area contributed by atoms with Gasteiger partial charge in [0.2, 0.25) is 11.9 Å². The van der Waals surface area contributed by atoms with Gasteiger partial charge < -0.3 is 19.9 Å². The van der Waals surface area contributed by atoms with Crippen LogP contribution in [0.2, 0.25) is 0 Å². The van der Waals surface area contributed by atoms with E-state index in [0.29, 0.717) is 24.5 Å². The molecule has 7 heteroatoms. The lowest BCUT2D eigenvalue weighted by Gasteiger charge is -2.14. The third kappa shape index (κ3) is 5.69. The van der Waals surface area contributed by atoms with E-state index in [9.17, 15) is 0 Å². The molecule has 0 fully saturated rings. The molecule has 0 amide bonds. The summed E-state index contributed by atoms with van der Waals surface area (Å²) in [5.41, 5.74) is 0. The van der Waals surface area contributed by atoms with Crippen LogP contribution in [0.1, 0.15) is 13.3 Å². The summed E-state index contributed by atoms with van der Waals surface area (Å²) in [4.78, 5) is 16.7. The van der Waals surface area contributed by atoms with E-state index in [2.05, 4.69) is 27.2 Å². The summed E-state index contributed by atoms with van der Waals surface area (Å²) in [6, 6.07) is 0.360. The van der Waals surface area contributed by atoms with Crippen molar-refractivity contribution in [3.63, 3.8) is 0 Å². The van der Waals surface area contributed by atoms with Gasteiger partial charge in [-0.2, -0.15) is 15.0 Å². The number of nitrogens with one attached hydrogen (secondary N) is 1. The Morgan fingerprint density at radius 1 is 1.11 bits per heavy atom. The molecule has 0 atom stereocenters.